The number of aryl methyl sites for hydroxylation is 2. The zero-order chi connectivity index (χ0) is 23.1. The van der Waals surface area contributed by atoms with Crippen molar-refractivity contribution in [3.63, 3.8) is 0 Å². The molecule has 0 amide bonds. The fourth-order valence-corrected chi connectivity index (χ4v) is 4.44. The number of hydrogen-bond donors (Lipinski definition) is 0. The third kappa shape index (κ3) is 3.62. The van der Waals surface area contributed by atoms with Gasteiger partial charge in [0.15, 0.2) is 11.3 Å². The maximum Gasteiger partial charge on any atom is 0.265 e. The van der Waals surface area contributed by atoms with Crippen LogP contribution < -0.4 is 5.56 Å². The lowest BCUT2D eigenvalue weighted by molar-refractivity contribution is 0.660. The lowest BCUT2D eigenvalue weighted by atomic mass is 10.1. The number of nitrogens with zero attached hydrogens (tertiary/aromatic N) is 5. The Kier molecular flexibility index (Phi) is 5.08. The van der Waals surface area contributed by atoms with Crippen molar-refractivity contribution >= 4 is 44.8 Å². The van der Waals surface area contributed by atoms with Crippen LogP contribution in [0.5, 0.6) is 0 Å². The highest BCUT2D eigenvalue weighted by Crippen LogP contribution is 2.26. The van der Waals surface area contributed by atoms with Gasteiger partial charge >= 0.3 is 0 Å². The van der Waals surface area contributed by atoms with Crippen molar-refractivity contribution in [1.29, 1.82) is 0 Å². The summed E-state index contributed by atoms with van der Waals surface area (Å²) in [4.78, 5) is 28.1. The molecule has 6 aromatic rings. The van der Waals surface area contributed by atoms with Gasteiger partial charge in [-0.2, -0.15) is 0 Å². The smallest absolute Gasteiger partial charge is 0.265 e. The molecule has 0 fully saturated rings. The van der Waals surface area contributed by atoms with Crippen molar-refractivity contribution < 1.29 is 0 Å². The first kappa shape index (κ1) is 20.6. The quantitative estimate of drug-likeness (QED) is 0.349. The zero-order valence-corrected chi connectivity index (χ0v) is 19.0. The molecule has 3 aromatic heterocycles. The van der Waals surface area contributed by atoms with Crippen molar-refractivity contribution in [2.24, 2.45) is 0 Å². The van der Waals surface area contributed by atoms with Gasteiger partial charge in [0.05, 0.1) is 23.9 Å². The van der Waals surface area contributed by atoms with Gasteiger partial charge in [-0.25, -0.2) is 15.0 Å². The van der Waals surface area contributed by atoms with Crippen LogP contribution in [-0.4, -0.2) is 24.1 Å². The molecule has 3 heterocycles. The monoisotopic (exact) mass is 465 g/mol. The van der Waals surface area contributed by atoms with E-state index in [1.807, 2.05) is 71.3 Å². The van der Waals surface area contributed by atoms with Crippen LogP contribution in [-0.2, 0) is 19.5 Å². The summed E-state index contributed by atoms with van der Waals surface area (Å²) >= 11 is 6.08. The molecule has 0 N–H and O–H groups in total. The zero-order valence-electron chi connectivity index (χ0n) is 18.2. The average molecular weight is 466 g/mol. The largest absolute Gasteiger partial charge is 0.304 e. The molecule has 0 aliphatic heterocycles. The van der Waals surface area contributed by atoms with Crippen LogP contribution in [0.15, 0.2) is 90.0 Å². The van der Waals surface area contributed by atoms with Crippen LogP contribution in [0.3, 0.4) is 0 Å². The Morgan fingerprint density at radius 3 is 2.24 bits per heavy atom. The first-order valence-corrected chi connectivity index (χ1v) is 11.5. The van der Waals surface area contributed by atoms with Gasteiger partial charge in [-0.3, -0.25) is 9.36 Å². The summed E-state index contributed by atoms with van der Waals surface area (Å²) in [6, 6.07) is 25.5. The maximum absolute atomic E-state index is 13.6. The molecule has 166 valence electrons. The Labute approximate surface area is 200 Å². The number of para-hydroxylation sites is 2. The molecule has 3 aromatic carbocycles. The van der Waals surface area contributed by atoms with Gasteiger partial charge in [0.2, 0.25) is 0 Å². The highest BCUT2D eigenvalue weighted by atomic mass is 35.5. The van der Waals surface area contributed by atoms with Gasteiger partial charge in [-0.1, -0.05) is 66.2 Å². The van der Waals surface area contributed by atoms with Crippen LogP contribution in [0.4, 0.5) is 0 Å². The van der Waals surface area contributed by atoms with Crippen LogP contribution >= 0.6 is 11.6 Å². The van der Waals surface area contributed by atoms with E-state index in [0.29, 0.717) is 40.3 Å². The molecule has 0 radical (unpaired) electrons. The molecule has 6 nitrogen and oxygen atoms in total. The van der Waals surface area contributed by atoms with Crippen molar-refractivity contribution in [2.45, 2.75) is 19.5 Å². The normalized spacial score (nSPS) is 11.6. The lowest BCUT2D eigenvalue weighted by Gasteiger charge is -2.08. The summed E-state index contributed by atoms with van der Waals surface area (Å²) < 4.78 is 3.63. The second kappa shape index (κ2) is 8.39. The molecule has 0 spiro atoms. The minimum absolute atomic E-state index is 0.106. The minimum Gasteiger partial charge on any atom is -0.304 e. The number of rotatable bonds is 5. The summed E-state index contributed by atoms with van der Waals surface area (Å²) in [6.45, 7) is 1.04. The Hall–Kier alpha value is -4.03. The highest BCUT2D eigenvalue weighted by molar-refractivity contribution is 6.30. The number of hydrogen-bond acceptors (Lipinski definition) is 4. The number of halogens is 1. The van der Waals surface area contributed by atoms with E-state index < -0.39 is 0 Å². The van der Waals surface area contributed by atoms with E-state index in [1.54, 1.807) is 10.9 Å². The van der Waals surface area contributed by atoms with Gasteiger partial charge in [-0.05, 0) is 41.8 Å². The number of aromatic nitrogens is 5. The average Bonchev–Trinajstić information content (AvgIpc) is 3.17. The molecular weight excluding hydrogens is 446 g/mol. The third-order valence-corrected chi connectivity index (χ3v) is 6.31. The van der Waals surface area contributed by atoms with Gasteiger partial charge in [-0.15, -0.1) is 0 Å². The molecule has 6 rings (SSSR count). The second-order valence-corrected chi connectivity index (χ2v) is 8.71. The Morgan fingerprint density at radius 2 is 1.47 bits per heavy atom. The predicted molar refractivity (Wildman–Crippen MR) is 135 cm³/mol. The fourth-order valence-electron chi connectivity index (χ4n) is 4.32. The van der Waals surface area contributed by atoms with E-state index in [-0.39, 0.29) is 5.56 Å². The van der Waals surface area contributed by atoms with Crippen LogP contribution in [0.2, 0.25) is 5.02 Å². The third-order valence-electron chi connectivity index (χ3n) is 6.06. The molecular formula is C27H20ClN5O. The maximum atomic E-state index is 13.6. The standard InChI is InChI=1S/C27H20ClN5O/c28-20-12-10-19(11-13-20)16-33-25-23(24-26(33)31-22-9-5-4-8-21(22)30-24)27(34)32(17-29-25)15-14-18-6-2-1-3-7-18/h1-13,17H,14-16H2. The summed E-state index contributed by atoms with van der Waals surface area (Å²) in [5, 5.41) is 1.17. The molecule has 0 aliphatic carbocycles. The molecule has 34 heavy (non-hydrogen) atoms. The summed E-state index contributed by atoms with van der Waals surface area (Å²) in [5.74, 6) is 0. The van der Waals surface area contributed by atoms with Crippen molar-refractivity contribution in [1.82, 2.24) is 24.1 Å². The Morgan fingerprint density at radius 1 is 0.765 bits per heavy atom. The van der Waals surface area contributed by atoms with Crippen LogP contribution in [0.1, 0.15) is 11.1 Å². The lowest BCUT2D eigenvalue weighted by Crippen LogP contribution is -2.22. The predicted octanol–water partition coefficient (Wildman–Crippen LogP) is 5.24. The summed E-state index contributed by atoms with van der Waals surface area (Å²) in [5.41, 5.74) is 5.44. The summed E-state index contributed by atoms with van der Waals surface area (Å²) in [6.07, 6.45) is 2.37. The van der Waals surface area contributed by atoms with Crippen LogP contribution in [0.25, 0.3) is 33.2 Å². The van der Waals surface area contributed by atoms with Crippen LogP contribution in [0, 0.1) is 0 Å². The molecule has 7 heteroatoms. The SMILES string of the molecule is O=c1c2c3nc4ccccc4nc3n(Cc3ccc(Cl)cc3)c2ncn1CCc1ccccc1. The first-order valence-electron chi connectivity index (χ1n) is 11.1. The molecule has 0 saturated heterocycles. The Balaban J connectivity index is 1.54. The van der Waals surface area contributed by atoms with E-state index in [2.05, 4.69) is 12.1 Å². The number of benzene rings is 3. The first-order chi connectivity index (χ1) is 16.7. The summed E-state index contributed by atoms with van der Waals surface area (Å²) in [7, 11) is 0. The second-order valence-electron chi connectivity index (χ2n) is 8.27. The highest BCUT2D eigenvalue weighted by Gasteiger charge is 2.20. The van der Waals surface area contributed by atoms with Gasteiger partial charge in [0.25, 0.3) is 5.56 Å². The molecule has 0 bridgehead atoms. The molecule has 0 unspecified atom stereocenters. The van der Waals surface area contributed by atoms with E-state index in [1.165, 1.54) is 5.56 Å². The molecule has 0 saturated carbocycles. The van der Waals surface area contributed by atoms with Crippen molar-refractivity contribution in [3.8, 4) is 0 Å². The van der Waals surface area contributed by atoms with Gasteiger partial charge < -0.3 is 4.57 Å². The van der Waals surface area contributed by atoms with Gasteiger partial charge in [0.1, 0.15) is 10.9 Å². The molecule has 0 aliphatic rings. The minimum atomic E-state index is -0.106. The van der Waals surface area contributed by atoms with E-state index in [0.717, 1.165) is 23.0 Å². The molecule has 0 atom stereocenters. The van der Waals surface area contributed by atoms with E-state index in [9.17, 15) is 4.79 Å². The topological polar surface area (TPSA) is 65.6 Å². The van der Waals surface area contributed by atoms with Crippen molar-refractivity contribution in [2.75, 3.05) is 0 Å². The Bertz CT molecular complexity index is 1710. The number of fused-ring (bicyclic) bond motifs is 4. The van der Waals surface area contributed by atoms with Gasteiger partial charge in [0, 0.05) is 11.6 Å². The fraction of sp³-hybridized carbons (Fsp3) is 0.111. The van der Waals surface area contributed by atoms with E-state index >= 15 is 0 Å². The van der Waals surface area contributed by atoms with Crippen molar-refractivity contribution in [3.05, 3.63) is 112 Å². The van der Waals surface area contributed by atoms with E-state index in [4.69, 9.17) is 26.6 Å².